The predicted molar refractivity (Wildman–Crippen MR) is 213 cm³/mol. The number of benzene rings is 2. The van der Waals surface area contributed by atoms with Gasteiger partial charge in [0.05, 0.1) is 24.6 Å². The van der Waals surface area contributed by atoms with Gasteiger partial charge < -0.3 is 15.9 Å². The Morgan fingerprint density at radius 2 is 1.89 bits per heavy atom. The van der Waals surface area contributed by atoms with Crippen LogP contribution in [-0.2, 0) is 11.2 Å². The molecule has 3 aliphatic rings. The minimum atomic E-state index is -1.09. The lowest BCUT2D eigenvalue weighted by Gasteiger charge is -2.30. The first-order chi connectivity index (χ1) is 25.9. The van der Waals surface area contributed by atoms with Gasteiger partial charge in [0.25, 0.3) is 0 Å². The molecule has 5 rings (SSSR count). The monoisotopic (exact) mass is 735 g/mol. The van der Waals surface area contributed by atoms with Crippen LogP contribution >= 0.6 is 0 Å². The van der Waals surface area contributed by atoms with Crippen molar-refractivity contribution in [2.24, 2.45) is 39.4 Å². The van der Waals surface area contributed by atoms with Crippen LogP contribution in [0.4, 0.5) is 8.78 Å². The number of halogens is 2. The second-order valence-corrected chi connectivity index (χ2v) is 14.6. The fourth-order valence-corrected chi connectivity index (χ4v) is 7.71. The summed E-state index contributed by atoms with van der Waals surface area (Å²) in [6.45, 7) is 11.8. The first kappa shape index (κ1) is 40.2. The molecule has 5 atom stereocenters. The van der Waals surface area contributed by atoms with E-state index in [9.17, 15) is 14.0 Å². The second kappa shape index (κ2) is 17.9. The molecule has 0 bridgehead atoms. The van der Waals surface area contributed by atoms with Gasteiger partial charge in [0.2, 0.25) is 5.82 Å². The predicted octanol–water partition coefficient (Wildman–Crippen LogP) is 9.22. The Labute approximate surface area is 317 Å². The zero-order chi connectivity index (χ0) is 39.1. The van der Waals surface area contributed by atoms with E-state index >= 15 is 4.39 Å². The van der Waals surface area contributed by atoms with Crippen LogP contribution in [0.1, 0.15) is 98.7 Å². The number of rotatable bonds is 17. The third-order valence-corrected chi connectivity index (χ3v) is 11.1. The van der Waals surface area contributed by atoms with Crippen LogP contribution in [0.2, 0.25) is 0 Å². The molecule has 1 saturated carbocycles. The number of ether oxygens (including phenoxy) is 1. The molecular weight excluding hydrogens is 685 g/mol. The molecule has 54 heavy (non-hydrogen) atoms. The molecule has 4 unspecified atom stereocenters. The van der Waals surface area contributed by atoms with Gasteiger partial charge >= 0.3 is 0 Å². The summed E-state index contributed by atoms with van der Waals surface area (Å²) >= 11 is 0. The maximum atomic E-state index is 15.0. The maximum absolute atomic E-state index is 15.0. The zero-order valence-electron chi connectivity index (χ0n) is 31.5. The van der Waals surface area contributed by atoms with Gasteiger partial charge in [0.15, 0.2) is 23.1 Å². The summed E-state index contributed by atoms with van der Waals surface area (Å²) in [5, 5.41) is 17.2. The lowest BCUT2D eigenvalue weighted by Crippen LogP contribution is -2.37. The van der Waals surface area contributed by atoms with Crippen LogP contribution in [0.5, 0.6) is 5.75 Å². The molecular formula is C44H51F2N5O3. The molecule has 2 aliphatic heterocycles. The number of nitrogens with two attached hydrogens (primary N) is 1. The molecule has 1 aliphatic carbocycles. The fraction of sp³-hybridized carbons (Fsp3) is 0.409. The number of aryl methyl sites for hydroxylation is 1. The topological polar surface area (TPSA) is 142 Å². The molecule has 1 fully saturated rings. The normalized spacial score (nSPS) is 20.5. The molecule has 0 amide bonds. The number of aliphatic imine (C=N–C) groups is 2. The summed E-state index contributed by atoms with van der Waals surface area (Å²) < 4.78 is 34.4. The van der Waals surface area contributed by atoms with Gasteiger partial charge in [-0.05, 0) is 80.2 Å². The minimum Gasteiger partial charge on any atom is -0.494 e. The van der Waals surface area contributed by atoms with Crippen molar-refractivity contribution in [2.75, 3.05) is 7.11 Å². The highest BCUT2D eigenvalue weighted by Gasteiger charge is 2.33. The van der Waals surface area contributed by atoms with E-state index in [1.54, 1.807) is 30.5 Å². The van der Waals surface area contributed by atoms with Crippen LogP contribution in [0.15, 0.2) is 83.6 Å². The lowest BCUT2D eigenvalue weighted by molar-refractivity contribution is -0.125. The number of fused-ring (bicyclic) bond motifs is 1. The molecule has 8 nitrogen and oxygen atoms in total. The second-order valence-electron chi connectivity index (χ2n) is 14.6. The average molecular weight is 736 g/mol. The number of allylic oxidation sites excluding steroid dienone is 4. The first-order valence-corrected chi connectivity index (χ1v) is 18.9. The van der Waals surface area contributed by atoms with Crippen molar-refractivity contribution in [1.29, 1.82) is 10.8 Å². The maximum Gasteiger partial charge on any atom is 0.201 e. The summed E-state index contributed by atoms with van der Waals surface area (Å²) in [5.74, 6) is -2.49. The zero-order valence-corrected chi connectivity index (χ0v) is 31.5. The largest absolute Gasteiger partial charge is 0.494 e. The number of Topliss-reactive ketones (excluding diaryl/α,β-unsaturated/α-hetero) is 2. The van der Waals surface area contributed by atoms with Gasteiger partial charge in [-0.15, -0.1) is 6.58 Å². The van der Waals surface area contributed by atoms with Gasteiger partial charge in [-0.3, -0.25) is 25.0 Å². The Bertz CT molecular complexity index is 1980. The van der Waals surface area contributed by atoms with E-state index in [-0.39, 0.29) is 46.3 Å². The first-order valence-electron chi connectivity index (χ1n) is 18.9. The van der Waals surface area contributed by atoms with Crippen LogP contribution in [0.3, 0.4) is 0 Å². The van der Waals surface area contributed by atoms with Gasteiger partial charge in [-0.25, -0.2) is 4.39 Å². The summed E-state index contributed by atoms with van der Waals surface area (Å²) in [5.41, 5.74) is 10.8. The van der Waals surface area contributed by atoms with E-state index in [1.807, 2.05) is 19.9 Å². The number of carbonyl (C=O) groups is 2. The van der Waals surface area contributed by atoms with E-state index in [0.29, 0.717) is 77.9 Å². The summed E-state index contributed by atoms with van der Waals surface area (Å²) in [6.07, 6.45) is 13.6. The van der Waals surface area contributed by atoms with Gasteiger partial charge in [-0.2, -0.15) is 4.39 Å². The third-order valence-electron chi connectivity index (χ3n) is 11.1. The Morgan fingerprint density at radius 3 is 2.61 bits per heavy atom. The molecule has 0 spiro atoms. The highest BCUT2D eigenvalue weighted by Crippen LogP contribution is 2.38. The van der Waals surface area contributed by atoms with Crippen molar-refractivity contribution in [2.45, 2.75) is 84.1 Å². The molecule has 0 aromatic heterocycles. The average Bonchev–Trinajstić information content (AvgIpc) is 3.19. The number of nitrogens with zero attached hydrogens (tertiary/aromatic N) is 2. The van der Waals surface area contributed by atoms with Gasteiger partial charge in [0, 0.05) is 64.5 Å². The van der Waals surface area contributed by atoms with E-state index in [0.717, 1.165) is 31.2 Å². The van der Waals surface area contributed by atoms with Gasteiger partial charge in [-0.1, -0.05) is 57.6 Å². The van der Waals surface area contributed by atoms with Crippen LogP contribution in [-0.4, -0.2) is 47.6 Å². The minimum absolute atomic E-state index is 0.0154. The van der Waals surface area contributed by atoms with Gasteiger partial charge in [0.1, 0.15) is 5.71 Å². The van der Waals surface area contributed by atoms with Crippen molar-refractivity contribution in [3.8, 4) is 5.75 Å². The SMILES string of the molecule is C=CC(C)C(=N)CCC[C@H](N)C(=O)C1CCCC(CCC(=O)c2ccc(C(=N)C3=NC=CC4C(=C)C(c5ccc(OC)c(F)c5F)=CN=C34)cc2CC)C1. The molecule has 4 N–H and O–H groups in total. The van der Waals surface area contributed by atoms with Crippen LogP contribution in [0.25, 0.3) is 5.57 Å². The number of methoxy groups -OCH3 is 1. The standard InChI is InChI=1S/C44H51F2N5O3/c1-6-25(3)35(47)12-9-13-36(48)44(53)30-11-8-10-27(22-30)14-18-37(52)32-16-15-29(23-28(32)7-2)41(49)43-42-31(20-21-50-43)26(4)34(24-51-42)33-17-19-38(54-5)40(46)39(33)45/h6,15-17,19-21,23-25,27,30-31,36,47,49H,1,4,7-14,18,22,48H2,2-3,5H3/t25?,27?,30?,31?,36-/m0/s1. The third kappa shape index (κ3) is 8.70. The van der Waals surface area contributed by atoms with Crippen LogP contribution in [0, 0.1) is 46.1 Å². The molecule has 2 aromatic rings. The molecule has 0 radical (unpaired) electrons. The molecule has 0 saturated heterocycles. The highest BCUT2D eigenvalue weighted by atomic mass is 19.2. The van der Waals surface area contributed by atoms with E-state index in [2.05, 4.69) is 23.1 Å². The van der Waals surface area contributed by atoms with Crippen molar-refractivity contribution in [1.82, 2.24) is 0 Å². The highest BCUT2D eigenvalue weighted by molar-refractivity contribution is 6.72. The molecule has 10 heteroatoms. The summed E-state index contributed by atoms with van der Waals surface area (Å²) in [6, 6.07) is 7.66. The Balaban J connectivity index is 1.22. The Kier molecular flexibility index (Phi) is 13.3. The van der Waals surface area contributed by atoms with Crippen molar-refractivity contribution >= 4 is 40.0 Å². The number of carbonyl (C=O) groups excluding carboxylic acids is 2. The molecule has 2 aromatic carbocycles. The molecule has 2 heterocycles. The van der Waals surface area contributed by atoms with Crippen molar-refractivity contribution in [3.63, 3.8) is 0 Å². The van der Waals surface area contributed by atoms with E-state index in [1.165, 1.54) is 25.4 Å². The number of hydrogen-bond acceptors (Lipinski definition) is 8. The number of ketones is 2. The van der Waals surface area contributed by atoms with Crippen molar-refractivity contribution < 1.29 is 23.1 Å². The quantitative estimate of drug-likeness (QED) is 0.0846. The fourth-order valence-electron chi connectivity index (χ4n) is 7.71. The smallest absolute Gasteiger partial charge is 0.201 e. The summed E-state index contributed by atoms with van der Waals surface area (Å²) in [7, 11) is 1.27. The number of hydrogen-bond donors (Lipinski definition) is 3. The Morgan fingerprint density at radius 1 is 1.11 bits per heavy atom. The summed E-state index contributed by atoms with van der Waals surface area (Å²) in [4.78, 5) is 35.9. The van der Waals surface area contributed by atoms with E-state index < -0.39 is 23.6 Å². The lowest BCUT2D eigenvalue weighted by atomic mass is 9.75. The number of nitrogens with one attached hydrogen (secondary N) is 2. The Hall–Kier alpha value is -4.96. The molecule has 284 valence electrons. The van der Waals surface area contributed by atoms with Crippen molar-refractivity contribution in [3.05, 3.63) is 108 Å². The van der Waals surface area contributed by atoms with Crippen LogP contribution < -0.4 is 10.5 Å². The van der Waals surface area contributed by atoms with E-state index in [4.69, 9.17) is 21.3 Å².